The van der Waals surface area contributed by atoms with Crippen molar-refractivity contribution in [2.45, 2.75) is 84.7 Å². The van der Waals surface area contributed by atoms with Gasteiger partial charge in [-0.2, -0.15) is 0 Å². The van der Waals surface area contributed by atoms with Gasteiger partial charge >= 0.3 is 0 Å². The van der Waals surface area contributed by atoms with Crippen molar-refractivity contribution < 1.29 is 4.74 Å². The van der Waals surface area contributed by atoms with E-state index in [9.17, 15) is 0 Å². The van der Waals surface area contributed by atoms with E-state index in [-0.39, 0.29) is 10.8 Å². The molecular formula is C13H33OSi3. The van der Waals surface area contributed by atoms with Gasteiger partial charge in [-0.3, -0.25) is 0 Å². The van der Waals surface area contributed by atoms with Gasteiger partial charge in [0.2, 0.25) is 0 Å². The minimum absolute atomic E-state index is 0.0291. The summed E-state index contributed by atoms with van der Waals surface area (Å²) in [6, 6.07) is 0. The molecular weight excluding hydrogens is 256 g/mol. The molecule has 0 aromatic carbocycles. The Kier molecular flexibility index (Phi) is 5.12. The Morgan fingerprint density at radius 2 is 1.00 bits per heavy atom. The lowest BCUT2D eigenvalue weighted by molar-refractivity contribution is -0.0687. The smallest absolute Gasteiger partial charge is 0.0732 e. The summed E-state index contributed by atoms with van der Waals surface area (Å²) in [6.07, 6.45) is 0. The first-order chi connectivity index (χ1) is 7.07. The molecule has 0 atom stereocenters. The van der Waals surface area contributed by atoms with E-state index in [0.29, 0.717) is 0 Å². The van der Waals surface area contributed by atoms with Gasteiger partial charge in [-0.1, -0.05) is 39.3 Å². The van der Waals surface area contributed by atoms with Gasteiger partial charge in [-0.05, 0) is 34.6 Å². The predicted molar refractivity (Wildman–Crippen MR) is 87.4 cm³/mol. The molecule has 0 aliphatic rings. The summed E-state index contributed by atoms with van der Waals surface area (Å²) in [7, 11) is -2.67. The molecule has 0 N–H and O–H groups in total. The van der Waals surface area contributed by atoms with Crippen molar-refractivity contribution in [1.82, 2.24) is 0 Å². The second kappa shape index (κ2) is 4.95. The molecule has 0 spiro atoms. The van der Waals surface area contributed by atoms with Crippen LogP contribution in [0.4, 0.5) is 0 Å². The van der Waals surface area contributed by atoms with Crippen molar-refractivity contribution in [3.8, 4) is 0 Å². The van der Waals surface area contributed by atoms with E-state index >= 15 is 0 Å². The second-order valence-electron chi connectivity index (χ2n) is 8.60. The van der Waals surface area contributed by atoms with Crippen molar-refractivity contribution in [2.24, 2.45) is 0 Å². The number of hydrogen-bond donors (Lipinski definition) is 0. The Labute approximate surface area is 113 Å². The molecule has 1 radical (unpaired) electrons. The standard InChI is InChI=1S/C13H33OSi3/c1-12(2,3)14-13(4,5)15(16(6,7)8)17(9,10)11/h1-11H3. The third-order valence-electron chi connectivity index (χ3n) is 2.66. The fourth-order valence-electron chi connectivity index (χ4n) is 3.75. The maximum atomic E-state index is 6.46. The Bertz CT molecular complexity index is 239. The molecule has 0 aromatic heterocycles. The van der Waals surface area contributed by atoms with Crippen LogP contribution in [-0.4, -0.2) is 33.8 Å². The fraction of sp³-hybridized carbons (Fsp3) is 1.00. The highest BCUT2D eigenvalue weighted by atomic mass is 29.6. The van der Waals surface area contributed by atoms with Crippen LogP contribution < -0.4 is 0 Å². The van der Waals surface area contributed by atoms with Gasteiger partial charge in [-0.25, -0.2) is 0 Å². The summed E-state index contributed by atoms with van der Waals surface area (Å²) in [5, 5.41) is 0.0951. The van der Waals surface area contributed by atoms with Gasteiger partial charge < -0.3 is 4.74 Å². The van der Waals surface area contributed by atoms with Crippen LogP contribution in [0.25, 0.3) is 0 Å². The largest absolute Gasteiger partial charge is 0.374 e. The summed E-state index contributed by atoms with van der Waals surface area (Å²) in [4.78, 5) is 0. The fourth-order valence-corrected chi connectivity index (χ4v) is 48.2. The molecule has 0 fully saturated rings. The van der Waals surface area contributed by atoms with Gasteiger partial charge in [0.05, 0.1) is 13.4 Å². The molecule has 0 amide bonds. The van der Waals surface area contributed by atoms with E-state index in [0.717, 1.165) is 0 Å². The minimum Gasteiger partial charge on any atom is -0.374 e. The van der Waals surface area contributed by atoms with Crippen molar-refractivity contribution in [2.75, 3.05) is 0 Å². The minimum atomic E-state index is -1.12. The second-order valence-corrected chi connectivity index (χ2v) is 33.1. The predicted octanol–water partition coefficient (Wildman–Crippen LogP) is 4.45. The van der Waals surface area contributed by atoms with E-state index in [1.165, 1.54) is 0 Å². The first kappa shape index (κ1) is 17.6. The van der Waals surface area contributed by atoms with E-state index < -0.39 is 23.0 Å². The Hall–Kier alpha value is 0.611. The quantitative estimate of drug-likeness (QED) is 0.695. The molecule has 4 heteroatoms. The Balaban J connectivity index is 5.34. The van der Waals surface area contributed by atoms with Crippen LogP contribution in [0.3, 0.4) is 0 Å². The zero-order valence-corrected chi connectivity index (χ0v) is 16.9. The van der Waals surface area contributed by atoms with Crippen LogP contribution in [0.2, 0.25) is 39.3 Å². The molecule has 1 nitrogen and oxygen atoms in total. The molecule has 0 bridgehead atoms. The van der Waals surface area contributed by atoms with Gasteiger partial charge in [-0.15, -0.1) is 0 Å². The maximum Gasteiger partial charge on any atom is 0.0732 e. The molecule has 103 valence electrons. The van der Waals surface area contributed by atoms with Crippen molar-refractivity contribution in [1.29, 1.82) is 0 Å². The summed E-state index contributed by atoms with van der Waals surface area (Å²) in [6.45, 7) is 26.5. The highest BCUT2D eigenvalue weighted by Gasteiger charge is 2.50. The van der Waals surface area contributed by atoms with Crippen molar-refractivity contribution in [3.63, 3.8) is 0 Å². The van der Waals surface area contributed by atoms with Crippen molar-refractivity contribution >= 4 is 23.0 Å². The first-order valence-corrected chi connectivity index (χ1v) is 17.2. The zero-order chi connectivity index (χ0) is 14.3. The number of rotatable bonds is 4. The number of ether oxygens (including phenoxy) is 1. The molecule has 0 unspecified atom stereocenters. The van der Waals surface area contributed by atoms with Crippen LogP contribution in [-0.2, 0) is 4.74 Å². The third kappa shape index (κ3) is 5.85. The van der Waals surface area contributed by atoms with E-state index in [1.54, 1.807) is 0 Å². The Morgan fingerprint density at radius 1 is 0.706 bits per heavy atom. The average Bonchev–Trinajstić information content (AvgIpc) is 1.66. The molecule has 0 aliphatic carbocycles. The van der Waals surface area contributed by atoms with E-state index in [1.807, 2.05) is 0 Å². The van der Waals surface area contributed by atoms with Crippen LogP contribution >= 0.6 is 0 Å². The SMILES string of the molecule is CC(C)(C)OC(C)(C)[Si]([Si](C)(C)C)[Si](C)(C)C. The summed E-state index contributed by atoms with van der Waals surface area (Å²) < 4.78 is 6.46. The zero-order valence-electron chi connectivity index (χ0n) is 13.9. The summed E-state index contributed by atoms with van der Waals surface area (Å²) in [5.41, 5.74) is -0.0291. The third-order valence-corrected chi connectivity index (χ3v) is 33.1. The van der Waals surface area contributed by atoms with E-state index in [4.69, 9.17) is 4.74 Å². The molecule has 0 heterocycles. The lowest BCUT2D eigenvalue weighted by Crippen LogP contribution is -2.70. The van der Waals surface area contributed by atoms with E-state index in [2.05, 4.69) is 73.9 Å². The Morgan fingerprint density at radius 3 is 1.18 bits per heavy atom. The lowest BCUT2D eigenvalue weighted by Gasteiger charge is -2.49. The van der Waals surface area contributed by atoms with Gasteiger partial charge in [0, 0.05) is 20.4 Å². The monoisotopic (exact) mass is 289 g/mol. The van der Waals surface area contributed by atoms with Crippen LogP contribution in [0.15, 0.2) is 0 Å². The molecule has 0 aliphatic heterocycles. The highest BCUT2D eigenvalue weighted by molar-refractivity contribution is 7.61. The topological polar surface area (TPSA) is 9.23 Å². The molecule has 0 aromatic rings. The van der Waals surface area contributed by atoms with Gasteiger partial charge in [0.1, 0.15) is 0 Å². The first-order valence-electron chi connectivity index (χ1n) is 6.66. The van der Waals surface area contributed by atoms with Gasteiger partial charge in [0.15, 0.2) is 0 Å². The summed E-state index contributed by atoms with van der Waals surface area (Å²) in [5.74, 6) is 0. The molecule has 0 saturated carbocycles. The maximum absolute atomic E-state index is 6.46. The van der Waals surface area contributed by atoms with Crippen LogP contribution in [0.1, 0.15) is 34.6 Å². The normalized spacial score (nSPS) is 15.5. The van der Waals surface area contributed by atoms with Crippen molar-refractivity contribution in [3.05, 3.63) is 0 Å². The molecule has 17 heavy (non-hydrogen) atoms. The lowest BCUT2D eigenvalue weighted by atomic mass is 10.2. The van der Waals surface area contributed by atoms with Gasteiger partial charge in [0.25, 0.3) is 0 Å². The van der Waals surface area contributed by atoms with Crippen LogP contribution in [0.5, 0.6) is 0 Å². The molecule has 0 saturated heterocycles. The average molecular weight is 290 g/mol. The number of hydrogen-bond acceptors (Lipinski definition) is 1. The van der Waals surface area contributed by atoms with Crippen LogP contribution in [0, 0.1) is 0 Å². The summed E-state index contributed by atoms with van der Waals surface area (Å²) >= 11 is 0. The molecule has 0 rings (SSSR count). The highest BCUT2D eigenvalue weighted by Crippen LogP contribution is 2.32.